The molecule has 1 saturated heterocycles. The molecular weight excluding hydrogens is 352 g/mol. The van der Waals surface area contributed by atoms with Crippen molar-refractivity contribution in [3.05, 3.63) is 53.3 Å². The lowest BCUT2D eigenvalue weighted by Gasteiger charge is -2.29. The van der Waals surface area contributed by atoms with Gasteiger partial charge in [0.1, 0.15) is 17.6 Å². The zero-order chi connectivity index (χ0) is 17.6. The molecule has 8 heteroatoms. The van der Waals surface area contributed by atoms with Crippen LogP contribution in [0.25, 0.3) is 0 Å². The molecule has 0 amide bonds. The van der Waals surface area contributed by atoms with Crippen molar-refractivity contribution in [2.24, 2.45) is 0 Å². The van der Waals surface area contributed by atoms with Crippen molar-refractivity contribution >= 4 is 21.7 Å². The maximum atomic E-state index is 10.5. The highest BCUT2D eigenvalue weighted by Crippen LogP contribution is 2.13. The predicted octanol–water partition coefficient (Wildman–Crippen LogP) is 3.02. The Hall–Kier alpha value is -1.67. The molecule has 1 aromatic carbocycles. The zero-order valence-electron chi connectivity index (χ0n) is 13.2. The fourth-order valence-electron chi connectivity index (χ4n) is 1.83. The summed E-state index contributed by atoms with van der Waals surface area (Å²) in [7, 11) is -4.02. The zero-order valence-corrected chi connectivity index (χ0v) is 14.8. The third kappa shape index (κ3) is 6.09. The lowest BCUT2D eigenvalue weighted by molar-refractivity contribution is 0.0728. The summed E-state index contributed by atoms with van der Waals surface area (Å²) in [4.78, 5) is 6.09. The second kappa shape index (κ2) is 8.43. The third-order valence-corrected chi connectivity index (χ3v) is 4.47. The molecule has 24 heavy (non-hydrogen) atoms. The monoisotopic (exact) mass is 370 g/mol. The molecule has 0 saturated carbocycles. The molecule has 1 aliphatic rings. The van der Waals surface area contributed by atoms with Crippen LogP contribution in [0.5, 0.6) is 5.75 Å². The van der Waals surface area contributed by atoms with Gasteiger partial charge >= 0.3 is 0 Å². The number of aromatic nitrogens is 1. The van der Waals surface area contributed by atoms with Gasteiger partial charge in [0.2, 0.25) is 0 Å². The molecule has 0 atom stereocenters. The molecule has 0 spiro atoms. The number of aryl methyl sites for hydroxylation is 1. The van der Waals surface area contributed by atoms with Gasteiger partial charge in [-0.25, -0.2) is 4.98 Å². The summed E-state index contributed by atoms with van der Waals surface area (Å²) in [6.45, 7) is 4.78. The number of nitrogens with zero attached hydrogens (tertiary/aromatic N) is 2. The normalized spacial score (nSPS) is 14.3. The van der Waals surface area contributed by atoms with Gasteiger partial charge in [-0.3, -0.25) is 9.45 Å². The highest BCUT2D eigenvalue weighted by Gasteiger charge is 2.13. The van der Waals surface area contributed by atoms with E-state index in [1.54, 1.807) is 24.4 Å². The largest absolute Gasteiger partial charge is 0.477 e. The molecule has 1 N–H and O–H groups in total. The Morgan fingerprint density at radius 2 is 1.88 bits per heavy atom. The molecule has 3 rings (SSSR count). The van der Waals surface area contributed by atoms with Gasteiger partial charge in [-0.2, -0.15) is 8.42 Å². The molecule has 6 nitrogen and oxygen atoms in total. The van der Waals surface area contributed by atoms with Crippen LogP contribution in [-0.4, -0.2) is 42.7 Å². The van der Waals surface area contributed by atoms with E-state index in [1.807, 2.05) is 13.0 Å². The van der Waals surface area contributed by atoms with Gasteiger partial charge in [-0.15, -0.1) is 0 Å². The second-order valence-electron chi connectivity index (χ2n) is 5.35. The van der Waals surface area contributed by atoms with Gasteiger partial charge in [0.25, 0.3) is 10.1 Å². The molecule has 0 aliphatic carbocycles. The fourth-order valence-corrected chi connectivity index (χ4v) is 2.43. The minimum Gasteiger partial charge on any atom is -0.477 e. The Morgan fingerprint density at radius 3 is 2.33 bits per heavy atom. The van der Waals surface area contributed by atoms with Crippen molar-refractivity contribution in [2.45, 2.75) is 18.2 Å². The van der Waals surface area contributed by atoms with Crippen LogP contribution in [0.2, 0.25) is 5.15 Å². The quantitative estimate of drug-likeness (QED) is 0.658. The van der Waals surface area contributed by atoms with Gasteiger partial charge in [0, 0.05) is 13.1 Å². The van der Waals surface area contributed by atoms with Gasteiger partial charge in [-0.1, -0.05) is 29.3 Å². The Labute approximate surface area is 146 Å². The first kappa shape index (κ1) is 18.7. The summed E-state index contributed by atoms with van der Waals surface area (Å²) in [5.74, 6) is 0.774. The van der Waals surface area contributed by atoms with Crippen molar-refractivity contribution < 1.29 is 17.7 Å². The van der Waals surface area contributed by atoms with E-state index >= 15 is 0 Å². The standard InChI is InChI=1S/C9H11ClN2O.C7H8O3S/c10-9-3-2-8(6-11-9)13-7-12-4-1-5-12;1-6-2-4-7(5-3-6)11(8,9)10/h2-3,6H,1,4-5,7H2;2-5H,1H3,(H,8,9,10). The van der Waals surface area contributed by atoms with Crippen molar-refractivity contribution in [1.82, 2.24) is 9.88 Å². The fraction of sp³-hybridized carbons (Fsp3) is 0.312. The molecule has 0 radical (unpaired) electrons. The van der Waals surface area contributed by atoms with Crippen molar-refractivity contribution in [2.75, 3.05) is 19.8 Å². The third-order valence-electron chi connectivity index (χ3n) is 3.38. The molecule has 2 heterocycles. The van der Waals surface area contributed by atoms with Gasteiger partial charge in [0.15, 0.2) is 0 Å². The molecular formula is C16H19ClN2O4S. The number of halogens is 1. The summed E-state index contributed by atoms with van der Waals surface area (Å²) >= 11 is 5.64. The Bertz CT molecular complexity index is 745. The van der Waals surface area contributed by atoms with E-state index in [9.17, 15) is 8.42 Å². The van der Waals surface area contributed by atoms with Crippen molar-refractivity contribution in [3.63, 3.8) is 0 Å². The number of benzene rings is 1. The highest BCUT2D eigenvalue weighted by atomic mass is 35.5. The first-order valence-electron chi connectivity index (χ1n) is 7.35. The number of ether oxygens (including phenoxy) is 1. The van der Waals surface area contributed by atoms with Crippen molar-refractivity contribution in [1.29, 1.82) is 0 Å². The maximum Gasteiger partial charge on any atom is 0.294 e. The summed E-state index contributed by atoms with van der Waals surface area (Å²) < 4.78 is 35.0. The Balaban J connectivity index is 0.000000177. The van der Waals surface area contributed by atoms with Gasteiger partial charge < -0.3 is 4.74 Å². The van der Waals surface area contributed by atoms with Crippen LogP contribution >= 0.6 is 11.6 Å². The molecule has 0 bridgehead atoms. The summed E-state index contributed by atoms with van der Waals surface area (Å²) in [5, 5.41) is 0.497. The van der Waals surface area contributed by atoms with Crippen LogP contribution in [0, 0.1) is 6.92 Å². The number of likely N-dealkylation sites (tertiary alicyclic amines) is 1. The number of hydrogen-bond acceptors (Lipinski definition) is 5. The molecule has 1 aromatic heterocycles. The van der Waals surface area contributed by atoms with E-state index in [1.165, 1.54) is 18.6 Å². The minimum atomic E-state index is -4.02. The first-order chi connectivity index (χ1) is 11.3. The maximum absolute atomic E-state index is 10.5. The Morgan fingerprint density at radius 1 is 1.21 bits per heavy atom. The average Bonchev–Trinajstić information content (AvgIpc) is 2.48. The lowest BCUT2D eigenvalue weighted by Crippen LogP contribution is -2.39. The van der Waals surface area contributed by atoms with E-state index in [-0.39, 0.29) is 4.90 Å². The Kier molecular flexibility index (Phi) is 6.56. The van der Waals surface area contributed by atoms with Gasteiger partial charge in [-0.05, 0) is 37.6 Å². The van der Waals surface area contributed by atoms with E-state index in [0.29, 0.717) is 11.9 Å². The highest BCUT2D eigenvalue weighted by molar-refractivity contribution is 7.85. The average molecular weight is 371 g/mol. The van der Waals surface area contributed by atoms with Crippen molar-refractivity contribution in [3.8, 4) is 5.75 Å². The van der Waals surface area contributed by atoms with E-state index in [0.717, 1.165) is 24.4 Å². The molecule has 130 valence electrons. The van der Waals surface area contributed by atoms with Crippen LogP contribution in [0.15, 0.2) is 47.5 Å². The topological polar surface area (TPSA) is 79.7 Å². The summed E-state index contributed by atoms with van der Waals surface area (Å²) in [5.41, 5.74) is 0.956. The van der Waals surface area contributed by atoms with Crippen LogP contribution in [0.4, 0.5) is 0 Å². The predicted molar refractivity (Wildman–Crippen MR) is 91.9 cm³/mol. The first-order valence-corrected chi connectivity index (χ1v) is 9.17. The number of hydrogen-bond donors (Lipinski definition) is 1. The number of pyridine rings is 1. The van der Waals surface area contributed by atoms with Gasteiger partial charge in [0.05, 0.1) is 11.1 Å². The van der Waals surface area contributed by atoms with E-state index in [2.05, 4.69) is 9.88 Å². The van der Waals surface area contributed by atoms with E-state index < -0.39 is 10.1 Å². The molecule has 2 aromatic rings. The number of rotatable bonds is 4. The SMILES string of the molecule is Cc1ccc(S(=O)(=O)O)cc1.Clc1ccc(OCN2CCC2)cn1. The van der Waals surface area contributed by atoms with Crippen LogP contribution < -0.4 is 4.74 Å². The molecule has 0 unspecified atom stereocenters. The lowest BCUT2D eigenvalue weighted by atomic mass is 10.2. The molecule has 1 aliphatic heterocycles. The second-order valence-corrected chi connectivity index (χ2v) is 7.16. The summed E-state index contributed by atoms with van der Waals surface area (Å²) in [6, 6.07) is 9.55. The molecule has 1 fully saturated rings. The smallest absolute Gasteiger partial charge is 0.294 e. The van der Waals surface area contributed by atoms with Crippen LogP contribution in [-0.2, 0) is 10.1 Å². The minimum absolute atomic E-state index is 0.0666. The van der Waals surface area contributed by atoms with E-state index in [4.69, 9.17) is 20.9 Å². The summed E-state index contributed by atoms with van der Waals surface area (Å²) in [6.07, 6.45) is 2.92. The van der Waals surface area contributed by atoms with Crippen LogP contribution in [0.1, 0.15) is 12.0 Å². The van der Waals surface area contributed by atoms with Crippen LogP contribution in [0.3, 0.4) is 0 Å².